The van der Waals surface area contributed by atoms with Gasteiger partial charge in [-0.15, -0.1) is 0 Å². The predicted molar refractivity (Wildman–Crippen MR) is 72.1 cm³/mol. The lowest BCUT2D eigenvalue weighted by Crippen LogP contribution is -2.22. The van der Waals surface area contributed by atoms with E-state index in [4.69, 9.17) is 0 Å². The molecule has 3 aromatic heterocycles. The van der Waals surface area contributed by atoms with E-state index in [9.17, 15) is 0 Å². The first-order valence-electron chi connectivity index (χ1n) is 6.10. The number of imidazole rings is 2. The van der Waals surface area contributed by atoms with Crippen LogP contribution < -0.4 is 4.90 Å². The van der Waals surface area contributed by atoms with Gasteiger partial charge in [0.15, 0.2) is 0 Å². The number of aromatic amines is 2. The van der Waals surface area contributed by atoms with Crippen LogP contribution in [0.1, 0.15) is 5.69 Å². The monoisotopic (exact) mass is 254 g/mol. The summed E-state index contributed by atoms with van der Waals surface area (Å²) in [6.07, 6.45) is 9.68. The van der Waals surface area contributed by atoms with Crippen molar-refractivity contribution < 1.29 is 0 Å². The lowest BCUT2D eigenvalue weighted by atomic mass is 10.2. The fraction of sp³-hybridized carbons (Fsp3) is 0.154. The SMILES string of the molecule is c1ccc(CCN(c2ncc[nH]2)c2ncc[nH]2)nc1. The summed E-state index contributed by atoms with van der Waals surface area (Å²) in [5.41, 5.74) is 1.05. The molecule has 0 spiro atoms. The smallest absolute Gasteiger partial charge is 0.209 e. The van der Waals surface area contributed by atoms with Gasteiger partial charge in [0.1, 0.15) is 0 Å². The van der Waals surface area contributed by atoms with Gasteiger partial charge < -0.3 is 9.97 Å². The number of nitrogens with one attached hydrogen (secondary N) is 2. The third-order valence-electron chi connectivity index (χ3n) is 2.80. The first-order valence-corrected chi connectivity index (χ1v) is 6.10. The normalized spacial score (nSPS) is 10.5. The highest BCUT2D eigenvalue weighted by molar-refractivity contribution is 5.47. The van der Waals surface area contributed by atoms with Gasteiger partial charge >= 0.3 is 0 Å². The molecule has 6 heteroatoms. The molecule has 0 aliphatic rings. The molecule has 0 amide bonds. The predicted octanol–water partition coefficient (Wildman–Crippen LogP) is 1.91. The molecule has 0 radical (unpaired) electrons. The lowest BCUT2D eigenvalue weighted by Gasteiger charge is -2.18. The average Bonchev–Trinajstić information content (AvgIpc) is 3.13. The lowest BCUT2D eigenvalue weighted by molar-refractivity contribution is 0.839. The Bertz CT molecular complexity index is 553. The minimum absolute atomic E-state index is 0.748. The molecule has 0 saturated heterocycles. The highest BCUT2D eigenvalue weighted by Gasteiger charge is 2.13. The van der Waals surface area contributed by atoms with E-state index in [0.29, 0.717) is 0 Å². The minimum atomic E-state index is 0.748. The summed E-state index contributed by atoms with van der Waals surface area (Å²) < 4.78 is 0. The molecule has 0 aromatic carbocycles. The highest BCUT2D eigenvalue weighted by Crippen LogP contribution is 2.17. The molecule has 3 heterocycles. The summed E-state index contributed by atoms with van der Waals surface area (Å²) in [7, 11) is 0. The molecule has 0 bridgehead atoms. The third-order valence-corrected chi connectivity index (χ3v) is 2.80. The van der Waals surface area contributed by atoms with E-state index in [1.807, 2.05) is 23.1 Å². The second-order valence-electron chi connectivity index (χ2n) is 4.05. The van der Waals surface area contributed by atoms with Gasteiger partial charge in [-0.05, 0) is 12.1 Å². The van der Waals surface area contributed by atoms with Gasteiger partial charge in [-0.2, -0.15) is 0 Å². The van der Waals surface area contributed by atoms with Crippen LogP contribution in [0.3, 0.4) is 0 Å². The number of nitrogens with zero attached hydrogens (tertiary/aromatic N) is 4. The summed E-state index contributed by atoms with van der Waals surface area (Å²) in [5.74, 6) is 1.54. The maximum absolute atomic E-state index is 4.33. The Morgan fingerprint density at radius 3 is 2.16 bits per heavy atom. The van der Waals surface area contributed by atoms with Crippen molar-refractivity contribution in [2.45, 2.75) is 6.42 Å². The van der Waals surface area contributed by atoms with Crippen molar-refractivity contribution >= 4 is 11.9 Å². The molecule has 0 fully saturated rings. The Morgan fingerprint density at radius 2 is 1.63 bits per heavy atom. The van der Waals surface area contributed by atoms with Crippen molar-refractivity contribution in [3.05, 3.63) is 54.9 Å². The molecule has 19 heavy (non-hydrogen) atoms. The molecule has 0 atom stereocenters. The zero-order valence-electron chi connectivity index (χ0n) is 10.3. The van der Waals surface area contributed by atoms with E-state index in [-0.39, 0.29) is 0 Å². The van der Waals surface area contributed by atoms with Crippen LogP contribution >= 0.6 is 0 Å². The number of pyridine rings is 1. The average molecular weight is 254 g/mol. The number of H-pyrrole nitrogens is 2. The van der Waals surface area contributed by atoms with Crippen LogP contribution in [0, 0.1) is 0 Å². The number of rotatable bonds is 5. The van der Waals surface area contributed by atoms with Gasteiger partial charge in [0, 0.05) is 49.6 Å². The Morgan fingerprint density at radius 1 is 0.895 bits per heavy atom. The standard InChI is InChI=1S/C13H14N6/c1-2-5-14-11(3-1)4-10-19(12-15-6-7-16-12)13-17-8-9-18-13/h1-3,5-9H,4,10H2,(H,15,16)(H,17,18). The second-order valence-corrected chi connectivity index (χ2v) is 4.05. The first-order chi connectivity index (χ1) is 9.43. The molecular formula is C13H14N6. The van der Waals surface area contributed by atoms with Crippen molar-refractivity contribution in [3.63, 3.8) is 0 Å². The van der Waals surface area contributed by atoms with Gasteiger partial charge in [-0.1, -0.05) is 6.07 Å². The molecular weight excluding hydrogens is 240 g/mol. The molecule has 0 saturated carbocycles. The summed E-state index contributed by atoms with van der Waals surface area (Å²) in [4.78, 5) is 21.1. The van der Waals surface area contributed by atoms with Gasteiger partial charge in [0.05, 0.1) is 0 Å². The zero-order chi connectivity index (χ0) is 12.9. The zero-order valence-corrected chi connectivity index (χ0v) is 10.3. The van der Waals surface area contributed by atoms with Crippen LogP contribution in [0.15, 0.2) is 49.2 Å². The highest BCUT2D eigenvalue weighted by atomic mass is 15.3. The fourth-order valence-corrected chi connectivity index (χ4v) is 1.89. The van der Waals surface area contributed by atoms with E-state index >= 15 is 0 Å². The van der Waals surface area contributed by atoms with Crippen molar-refractivity contribution in [1.29, 1.82) is 0 Å². The molecule has 96 valence electrons. The van der Waals surface area contributed by atoms with Crippen molar-refractivity contribution in [2.75, 3.05) is 11.4 Å². The van der Waals surface area contributed by atoms with Crippen LogP contribution in [-0.4, -0.2) is 31.5 Å². The van der Waals surface area contributed by atoms with Crippen molar-refractivity contribution in [3.8, 4) is 0 Å². The second kappa shape index (κ2) is 5.34. The Labute approximate surface area is 110 Å². The van der Waals surface area contributed by atoms with Gasteiger partial charge in [0.2, 0.25) is 11.9 Å². The van der Waals surface area contributed by atoms with Gasteiger partial charge in [-0.25, -0.2) is 9.97 Å². The Kier molecular flexibility index (Phi) is 3.22. The van der Waals surface area contributed by atoms with Crippen LogP contribution in [0.5, 0.6) is 0 Å². The van der Waals surface area contributed by atoms with Crippen LogP contribution in [0.25, 0.3) is 0 Å². The summed E-state index contributed by atoms with van der Waals surface area (Å²) in [6, 6.07) is 5.93. The van der Waals surface area contributed by atoms with Crippen LogP contribution in [0.2, 0.25) is 0 Å². The van der Waals surface area contributed by atoms with Gasteiger partial charge in [0.25, 0.3) is 0 Å². The molecule has 0 unspecified atom stereocenters. The maximum Gasteiger partial charge on any atom is 0.209 e. The third kappa shape index (κ3) is 2.62. The number of anilines is 2. The Balaban J connectivity index is 1.77. The largest absolute Gasteiger partial charge is 0.331 e. The molecule has 3 aromatic rings. The maximum atomic E-state index is 4.33. The quantitative estimate of drug-likeness (QED) is 0.729. The first kappa shape index (κ1) is 11.5. The number of hydrogen-bond donors (Lipinski definition) is 2. The van der Waals surface area contributed by atoms with E-state index in [1.165, 1.54) is 0 Å². The molecule has 0 aliphatic carbocycles. The van der Waals surface area contributed by atoms with E-state index < -0.39 is 0 Å². The van der Waals surface area contributed by atoms with Crippen LogP contribution in [0.4, 0.5) is 11.9 Å². The molecule has 2 N–H and O–H groups in total. The van der Waals surface area contributed by atoms with Crippen molar-refractivity contribution in [2.24, 2.45) is 0 Å². The van der Waals surface area contributed by atoms with Crippen LogP contribution in [-0.2, 0) is 6.42 Å². The number of hydrogen-bond acceptors (Lipinski definition) is 4. The van der Waals surface area contributed by atoms with Crippen molar-refractivity contribution in [1.82, 2.24) is 24.9 Å². The molecule has 6 nitrogen and oxygen atoms in total. The fourth-order valence-electron chi connectivity index (χ4n) is 1.89. The van der Waals surface area contributed by atoms with E-state index in [0.717, 1.165) is 30.6 Å². The molecule has 0 aliphatic heterocycles. The number of aromatic nitrogens is 5. The van der Waals surface area contributed by atoms with E-state index in [2.05, 4.69) is 24.9 Å². The Hall–Kier alpha value is -2.63. The van der Waals surface area contributed by atoms with E-state index in [1.54, 1.807) is 31.0 Å². The summed E-state index contributed by atoms with van der Waals surface area (Å²) >= 11 is 0. The van der Waals surface area contributed by atoms with Gasteiger partial charge in [-0.3, -0.25) is 9.88 Å². The minimum Gasteiger partial charge on any atom is -0.331 e. The molecule has 3 rings (SSSR count). The summed E-state index contributed by atoms with van der Waals surface area (Å²) in [5, 5.41) is 0. The summed E-state index contributed by atoms with van der Waals surface area (Å²) in [6.45, 7) is 0.748. The topological polar surface area (TPSA) is 73.5 Å².